The molecule has 2 rings (SSSR count). The van der Waals surface area contributed by atoms with Crippen molar-refractivity contribution in [3.8, 4) is 0 Å². The lowest BCUT2D eigenvalue weighted by Gasteiger charge is -2.15. The maximum absolute atomic E-state index is 12.2. The fraction of sp³-hybridized carbons (Fsp3) is 0.158. The van der Waals surface area contributed by atoms with E-state index in [2.05, 4.69) is 5.32 Å². The topological polar surface area (TPSA) is 92.6 Å². The summed E-state index contributed by atoms with van der Waals surface area (Å²) in [5.41, 5.74) is 1.70. The van der Waals surface area contributed by atoms with E-state index in [1.807, 2.05) is 0 Å². The van der Waals surface area contributed by atoms with Gasteiger partial charge in [-0.1, -0.05) is 29.8 Å². The fourth-order valence-corrected chi connectivity index (χ4v) is 2.51. The molecule has 0 atom stereocenters. The Hall–Kier alpha value is -3.19. The van der Waals surface area contributed by atoms with Crippen LogP contribution in [0.2, 0.25) is 5.02 Å². The Labute approximate surface area is 161 Å². The van der Waals surface area contributed by atoms with Crippen molar-refractivity contribution in [3.63, 3.8) is 0 Å². The van der Waals surface area contributed by atoms with E-state index in [9.17, 15) is 19.7 Å². The van der Waals surface area contributed by atoms with Gasteiger partial charge in [0.2, 0.25) is 5.91 Å². The number of amides is 2. The average Bonchev–Trinajstić information content (AvgIpc) is 2.66. The van der Waals surface area contributed by atoms with E-state index in [0.29, 0.717) is 17.7 Å². The Kier molecular flexibility index (Phi) is 6.67. The van der Waals surface area contributed by atoms with E-state index in [-0.39, 0.29) is 22.5 Å². The van der Waals surface area contributed by atoms with E-state index in [1.54, 1.807) is 44.4 Å². The van der Waals surface area contributed by atoms with Crippen LogP contribution in [0.1, 0.15) is 21.5 Å². The third kappa shape index (κ3) is 5.39. The van der Waals surface area contributed by atoms with Gasteiger partial charge in [0.15, 0.2) is 0 Å². The first kappa shape index (κ1) is 20.1. The van der Waals surface area contributed by atoms with Crippen LogP contribution in [0, 0.1) is 10.1 Å². The highest BCUT2D eigenvalue weighted by Crippen LogP contribution is 2.25. The summed E-state index contributed by atoms with van der Waals surface area (Å²) < 4.78 is 0. The van der Waals surface area contributed by atoms with Crippen LogP contribution in [0.15, 0.2) is 48.5 Å². The summed E-state index contributed by atoms with van der Waals surface area (Å²) in [6.45, 7) is 0.359. The minimum atomic E-state index is -0.573. The van der Waals surface area contributed by atoms with E-state index >= 15 is 0 Å². The standard InChI is InChI=1S/C19H18ClN3O4/c1-21-19(25)15-7-3-14(4-8-15)12-22(2)18(24)10-6-13-5-9-16(20)17(11-13)23(26)27/h3-11H,12H2,1-2H3,(H,21,25)/b10-6+. The number of nitrogens with zero attached hydrogens (tertiary/aromatic N) is 2. The monoisotopic (exact) mass is 387 g/mol. The summed E-state index contributed by atoms with van der Waals surface area (Å²) in [4.78, 5) is 35.6. The Morgan fingerprint density at radius 1 is 1.22 bits per heavy atom. The number of carbonyl (C=O) groups is 2. The van der Waals surface area contributed by atoms with Crippen LogP contribution in [-0.4, -0.2) is 35.7 Å². The van der Waals surface area contributed by atoms with Crippen molar-refractivity contribution in [2.75, 3.05) is 14.1 Å². The van der Waals surface area contributed by atoms with E-state index in [1.165, 1.54) is 29.2 Å². The number of halogens is 1. The highest BCUT2D eigenvalue weighted by molar-refractivity contribution is 6.32. The Balaban J connectivity index is 2.03. The molecule has 8 heteroatoms. The van der Waals surface area contributed by atoms with Crippen molar-refractivity contribution in [2.24, 2.45) is 0 Å². The normalized spacial score (nSPS) is 10.6. The number of nitro groups is 1. The Morgan fingerprint density at radius 2 is 1.89 bits per heavy atom. The van der Waals surface area contributed by atoms with Gasteiger partial charge in [-0.05, 0) is 35.4 Å². The molecule has 0 saturated heterocycles. The largest absolute Gasteiger partial charge is 0.355 e. The van der Waals surface area contributed by atoms with Gasteiger partial charge in [0.1, 0.15) is 5.02 Å². The number of likely N-dealkylation sites (N-methyl/N-ethyl adjacent to an activating group) is 1. The molecular weight excluding hydrogens is 370 g/mol. The number of nitro benzene ring substituents is 1. The first-order valence-corrected chi connectivity index (χ1v) is 8.37. The molecule has 140 valence electrons. The lowest BCUT2D eigenvalue weighted by Crippen LogP contribution is -2.24. The fourth-order valence-electron chi connectivity index (χ4n) is 2.33. The Morgan fingerprint density at radius 3 is 2.48 bits per heavy atom. The number of benzene rings is 2. The molecule has 0 radical (unpaired) electrons. The van der Waals surface area contributed by atoms with Gasteiger partial charge in [0.05, 0.1) is 4.92 Å². The molecule has 0 aliphatic rings. The smallest absolute Gasteiger partial charge is 0.288 e. The number of hydrogen-bond acceptors (Lipinski definition) is 4. The van der Waals surface area contributed by atoms with Crippen molar-refractivity contribution in [2.45, 2.75) is 6.54 Å². The highest BCUT2D eigenvalue weighted by Gasteiger charge is 2.12. The van der Waals surface area contributed by atoms with Gasteiger partial charge >= 0.3 is 0 Å². The molecule has 0 aromatic heterocycles. The van der Waals surface area contributed by atoms with Gasteiger partial charge in [-0.3, -0.25) is 19.7 Å². The van der Waals surface area contributed by atoms with Gasteiger partial charge in [-0.2, -0.15) is 0 Å². The quantitative estimate of drug-likeness (QED) is 0.467. The van der Waals surface area contributed by atoms with Crippen molar-refractivity contribution in [1.29, 1.82) is 0 Å². The predicted octanol–water partition coefficient (Wildman–Crippen LogP) is 3.28. The molecular formula is C19H18ClN3O4. The molecule has 0 heterocycles. The summed E-state index contributed by atoms with van der Waals surface area (Å²) in [6.07, 6.45) is 2.84. The van der Waals surface area contributed by atoms with Crippen LogP contribution in [0.4, 0.5) is 5.69 Å². The number of rotatable bonds is 6. The average molecular weight is 388 g/mol. The molecule has 2 amide bonds. The highest BCUT2D eigenvalue weighted by atomic mass is 35.5. The third-order valence-electron chi connectivity index (χ3n) is 3.82. The van der Waals surface area contributed by atoms with E-state index in [4.69, 9.17) is 11.6 Å². The molecule has 2 aromatic carbocycles. The zero-order valence-corrected chi connectivity index (χ0v) is 15.6. The van der Waals surface area contributed by atoms with Crippen molar-refractivity contribution >= 4 is 35.2 Å². The molecule has 0 aliphatic carbocycles. The van der Waals surface area contributed by atoms with E-state index in [0.717, 1.165) is 5.56 Å². The molecule has 0 bridgehead atoms. The molecule has 0 fully saturated rings. The summed E-state index contributed by atoms with van der Waals surface area (Å²) in [7, 11) is 3.20. The second-order valence-corrected chi connectivity index (χ2v) is 6.18. The lowest BCUT2D eigenvalue weighted by atomic mass is 10.1. The summed E-state index contributed by atoms with van der Waals surface area (Å²) in [5, 5.41) is 13.5. The lowest BCUT2D eigenvalue weighted by molar-refractivity contribution is -0.384. The molecule has 0 spiro atoms. The molecule has 7 nitrogen and oxygen atoms in total. The molecule has 27 heavy (non-hydrogen) atoms. The maximum atomic E-state index is 12.2. The van der Waals surface area contributed by atoms with Gasteiger partial charge in [0.25, 0.3) is 11.6 Å². The zero-order valence-electron chi connectivity index (χ0n) is 14.8. The molecule has 0 aliphatic heterocycles. The molecule has 1 N–H and O–H groups in total. The van der Waals surface area contributed by atoms with Gasteiger partial charge in [0, 0.05) is 38.3 Å². The Bertz CT molecular complexity index is 894. The van der Waals surface area contributed by atoms with Crippen molar-refractivity contribution in [3.05, 3.63) is 80.4 Å². The number of carbonyl (C=O) groups excluding carboxylic acids is 2. The van der Waals surface area contributed by atoms with Crippen molar-refractivity contribution < 1.29 is 14.5 Å². The minimum absolute atomic E-state index is 0.0424. The van der Waals surface area contributed by atoms with Crippen LogP contribution in [0.25, 0.3) is 6.08 Å². The molecule has 0 unspecified atom stereocenters. The van der Waals surface area contributed by atoms with Crippen LogP contribution in [0.5, 0.6) is 0 Å². The number of hydrogen-bond donors (Lipinski definition) is 1. The van der Waals surface area contributed by atoms with Crippen LogP contribution in [-0.2, 0) is 11.3 Å². The maximum Gasteiger partial charge on any atom is 0.288 e. The van der Waals surface area contributed by atoms with Gasteiger partial charge < -0.3 is 10.2 Å². The summed E-state index contributed by atoms with van der Waals surface area (Å²) in [6, 6.07) is 11.3. The second kappa shape index (κ2) is 8.95. The zero-order chi connectivity index (χ0) is 20.0. The first-order valence-electron chi connectivity index (χ1n) is 8.00. The first-order chi connectivity index (χ1) is 12.8. The van der Waals surface area contributed by atoms with Gasteiger partial charge in [-0.15, -0.1) is 0 Å². The van der Waals surface area contributed by atoms with Crippen LogP contribution >= 0.6 is 11.6 Å². The summed E-state index contributed by atoms with van der Waals surface area (Å²) >= 11 is 5.77. The predicted molar refractivity (Wildman–Crippen MR) is 103 cm³/mol. The molecule has 2 aromatic rings. The van der Waals surface area contributed by atoms with Crippen LogP contribution in [0.3, 0.4) is 0 Å². The second-order valence-electron chi connectivity index (χ2n) is 5.77. The van der Waals surface area contributed by atoms with Crippen molar-refractivity contribution in [1.82, 2.24) is 10.2 Å². The minimum Gasteiger partial charge on any atom is -0.355 e. The number of nitrogens with one attached hydrogen (secondary N) is 1. The SMILES string of the molecule is CNC(=O)c1ccc(CN(C)C(=O)/C=C/c2ccc(Cl)c([N+](=O)[O-])c2)cc1. The molecule has 0 saturated carbocycles. The van der Waals surface area contributed by atoms with Crippen LogP contribution < -0.4 is 5.32 Å². The van der Waals surface area contributed by atoms with Gasteiger partial charge in [-0.25, -0.2) is 0 Å². The third-order valence-corrected chi connectivity index (χ3v) is 4.14. The van der Waals surface area contributed by atoms with E-state index < -0.39 is 4.92 Å². The summed E-state index contributed by atoms with van der Waals surface area (Å²) in [5.74, 6) is -0.436.